The van der Waals surface area contributed by atoms with E-state index in [-0.39, 0.29) is 23.5 Å². The first-order valence-corrected chi connectivity index (χ1v) is 11.6. The van der Waals surface area contributed by atoms with Crippen molar-refractivity contribution in [1.29, 1.82) is 0 Å². The van der Waals surface area contributed by atoms with Crippen molar-refractivity contribution < 1.29 is 27.1 Å². The number of amides is 2. The van der Waals surface area contributed by atoms with E-state index in [0.29, 0.717) is 31.7 Å². The predicted molar refractivity (Wildman–Crippen MR) is 104 cm³/mol. The van der Waals surface area contributed by atoms with Gasteiger partial charge in [-0.1, -0.05) is 0 Å². The summed E-state index contributed by atoms with van der Waals surface area (Å²) >= 11 is 0. The van der Waals surface area contributed by atoms with E-state index in [9.17, 15) is 22.4 Å². The van der Waals surface area contributed by atoms with Gasteiger partial charge in [0, 0.05) is 19.5 Å². The molecule has 7 nitrogen and oxygen atoms in total. The molecule has 29 heavy (non-hydrogen) atoms. The van der Waals surface area contributed by atoms with E-state index in [1.54, 1.807) is 4.90 Å². The van der Waals surface area contributed by atoms with E-state index in [4.69, 9.17) is 4.74 Å². The molecule has 1 unspecified atom stereocenters. The lowest BCUT2D eigenvalue weighted by atomic mass is 10.0. The summed E-state index contributed by atoms with van der Waals surface area (Å²) in [6.07, 6.45) is 4.19. The molecule has 0 aromatic heterocycles. The minimum Gasteiger partial charge on any atom is -0.488 e. The predicted octanol–water partition coefficient (Wildman–Crippen LogP) is 2.31. The lowest BCUT2D eigenvalue weighted by Crippen LogP contribution is -2.43. The van der Waals surface area contributed by atoms with Gasteiger partial charge in [-0.3, -0.25) is 9.59 Å². The van der Waals surface area contributed by atoms with Gasteiger partial charge in [-0.25, -0.2) is 17.5 Å². The van der Waals surface area contributed by atoms with Crippen molar-refractivity contribution in [2.24, 2.45) is 0 Å². The number of carbonyl (C=O) groups is 2. The van der Waals surface area contributed by atoms with Crippen molar-refractivity contribution in [3.63, 3.8) is 0 Å². The molecule has 1 N–H and O–H groups in total. The number of benzene rings is 1. The fourth-order valence-electron chi connectivity index (χ4n) is 3.71. The lowest BCUT2D eigenvalue weighted by Gasteiger charge is -2.32. The number of carbonyl (C=O) groups excluding carboxylic acids is 2. The van der Waals surface area contributed by atoms with Gasteiger partial charge in [0.2, 0.25) is 15.9 Å². The summed E-state index contributed by atoms with van der Waals surface area (Å²) in [4.78, 5) is 25.8. The highest BCUT2D eigenvalue weighted by Gasteiger charge is 2.38. The Morgan fingerprint density at radius 3 is 2.52 bits per heavy atom. The molecule has 0 bridgehead atoms. The van der Waals surface area contributed by atoms with Crippen LogP contribution in [0, 0.1) is 5.82 Å². The molecule has 1 heterocycles. The topological polar surface area (TPSA) is 92.8 Å². The molecule has 0 spiro atoms. The van der Waals surface area contributed by atoms with Crippen molar-refractivity contribution in [2.75, 3.05) is 13.1 Å². The normalized spacial score (nSPS) is 22.3. The van der Waals surface area contributed by atoms with Gasteiger partial charge in [-0.05, 0) is 56.1 Å². The summed E-state index contributed by atoms with van der Waals surface area (Å²) in [6.45, 7) is 2.65. The Kier molecular flexibility index (Phi) is 5.27. The summed E-state index contributed by atoms with van der Waals surface area (Å²) in [5, 5.41) is -0.560. The van der Waals surface area contributed by atoms with E-state index >= 15 is 0 Å². The van der Waals surface area contributed by atoms with Gasteiger partial charge in [-0.15, -0.1) is 0 Å². The Hall–Kier alpha value is -2.16. The summed E-state index contributed by atoms with van der Waals surface area (Å²) in [5.41, 5.74) is 0.442. The molecule has 1 aromatic rings. The second-order valence-corrected chi connectivity index (χ2v) is 10.1. The Morgan fingerprint density at radius 2 is 1.90 bits per heavy atom. The average molecular weight is 424 g/mol. The summed E-state index contributed by atoms with van der Waals surface area (Å²) in [6, 6.07) is 2.60. The third-order valence-electron chi connectivity index (χ3n) is 5.68. The average Bonchev–Trinajstić information content (AvgIpc) is 3.54. The van der Waals surface area contributed by atoms with E-state index in [0.717, 1.165) is 31.2 Å². The number of ether oxygens (including phenoxy) is 1. The van der Waals surface area contributed by atoms with E-state index in [2.05, 4.69) is 0 Å². The quantitative estimate of drug-likeness (QED) is 0.757. The van der Waals surface area contributed by atoms with E-state index < -0.39 is 27.0 Å². The molecule has 1 saturated heterocycles. The monoisotopic (exact) mass is 424 g/mol. The Bertz CT molecular complexity index is 940. The molecule has 2 aliphatic carbocycles. The van der Waals surface area contributed by atoms with Gasteiger partial charge in [0.05, 0.1) is 17.4 Å². The van der Waals surface area contributed by atoms with E-state index in [1.165, 1.54) is 19.1 Å². The molecule has 3 aliphatic rings. The van der Waals surface area contributed by atoms with Crippen LogP contribution in [-0.2, 0) is 14.8 Å². The summed E-state index contributed by atoms with van der Waals surface area (Å²) < 4.78 is 46.8. The van der Waals surface area contributed by atoms with Gasteiger partial charge >= 0.3 is 0 Å². The number of sulfonamides is 1. The number of piperidine rings is 1. The molecule has 0 radical (unpaired) electrons. The maximum absolute atomic E-state index is 14.7. The number of nitrogens with zero attached hydrogens (tertiary/aromatic N) is 1. The first kappa shape index (κ1) is 20.1. The fraction of sp³-hybridized carbons (Fsp3) is 0.600. The molecule has 1 atom stereocenters. The van der Waals surface area contributed by atoms with Crippen LogP contribution < -0.4 is 9.46 Å². The summed E-state index contributed by atoms with van der Waals surface area (Å²) in [7, 11) is -3.75. The number of hydrogen-bond donors (Lipinski definition) is 1. The van der Waals surface area contributed by atoms with Crippen LogP contribution >= 0.6 is 0 Å². The largest absolute Gasteiger partial charge is 0.488 e. The molecule has 4 rings (SSSR count). The van der Waals surface area contributed by atoms with Gasteiger partial charge in [0.25, 0.3) is 5.91 Å². The second-order valence-electron chi connectivity index (χ2n) is 8.17. The molecule has 1 aromatic carbocycles. The van der Waals surface area contributed by atoms with Crippen LogP contribution in [0.3, 0.4) is 0 Å². The second kappa shape index (κ2) is 7.59. The maximum atomic E-state index is 14.7. The van der Waals surface area contributed by atoms with Crippen LogP contribution in [0.4, 0.5) is 4.39 Å². The number of nitrogens with one attached hydrogen (secondary N) is 1. The molecule has 158 valence electrons. The Balaban J connectivity index is 1.55. The van der Waals surface area contributed by atoms with Gasteiger partial charge in [0.1, 0.15) is 17.7 Å². The van der Waals surface area contributed by atoms with Crippen molar-refractivity contribution in [1.82, 2.24) is 9.62 Å². The third-order valence-corrected chi connectivity index (χ3v) is 7.50. The minimum atomic E-state index is -3.75. The van der Waals surface area contributed by atoms with Crippen LogP contribution in [-0.4, -0.2) is 49.6 Å². The van der Waals surface area contributed by atoms with Crippen molar-refractivity contribution in [2.45, 2.75) is 62.7 Å². The summed E-state index contributed by atoms with van der Waals surface area (Å²) in [5.74, 6) is -1.22. The van der Waals surface area contributed by atoms with Crippen LogP contribution in [0.1, 0.15) is 67.3 Å². The van der Waals surface area contributed by atoms with Crippen LogP contribution in [0.2, 0.25) is 0 Å². The lowest BCUT2D eigenvalue weighted by molar-refractivity contribution is -0.131. The molecule has 9 heteroatoms. The fourth-order valence-corrected chi connectivity index (χ4v) is 5.00. The molecule has 3 fully saturated rings. The zero-order valence-corrected chi connectivity index (χ0v) is 17.1. The molecule has 2 saturated carbocycles. The van der Waals surface area contributed by atoms with Crippen molar-refractivity contribution in [3.8, 4) is 5.75 Å². The maximum Gasteiger partial charge on any atom is 0.267 e. The Morgan fingerprint density at radius 1 is 1.17 bits per heavy atom. The first-order valence-electron chi connectivity index (χ1n) is 10.1. The number of likely N-dealkylation sites (tertiary alicyclic amines) is 1. The smallest absolute Gasteiger partial charge is 0.267 e. The van der Waals surface area contributed by atoms with E-state index in [1.807, 2.05) is 4.72 Å². The highest BCUT2D eigenvalue weighted by molar-refractivity contribution is 7.91. The van der Waals surface area contributed by atoms with Crippen LogP contribution in [0.25, 0.3) is 0 Å². The molecule has 2 amide bonds. The third kappa shape index (κ3) is 4.55. The number of halogens is 1. The van der Waals surface area contributed by atoms with Gasteiger partial charge in [-0.2, -0.15) is 0 Å². The van der Waals surface area contributed by atoms with Crippen molar-refractivity contribution in [3.05, 3.63) is 29.1 Å². The minimum absolute atomic E-state index is 0.0178. The molecule has 1 aliphatic heterocycles. The zero-order valence-electron chi connectivity index (χ0n) is 16.3. The standard InChI is InChI=1S/C20H25FN2O5S/c1-12(24)23-8-2-3-14(11-23)28-19-10-18(21)17(9-16(19)13-4-5-13)20(25)22-29(26,27)15-6-7-15/h9-10,13-15H,2-8,11H2,1H3,(H,22,25). The van der Waals surface area contributed by atoms with Gasteiger partial charge in [0.15, 0.2) is 0 Å². The Labute approximate surface area is 169 Å². The SMILES string of the molecule is CC(=O)N1CCCC(Oc2cc(F)c(C(=O)NS(=O)(=O)C3CC3)cc2C2CC2)C1. The van der Waals surface area contributed by atoms with Crippen LogP contribution in [0.5, 0.6) is 5.75 Å². The molecular weight excluding hydrogens is 399 g/mol. The number of rotatable bonds is 6. The first-order chi connectivity index (χ1) is 13.7. The van der Waals surface area contributed by atoms with Gasteiger partial charge < -0.3 is 9.64 Å². The molecular formula is C20H25FN2O5S. The highest BCUT2D eigenvalue weighted by atomic mass is 32.2. The number of hydrogen-bond acceptors (Lipinski definition) is 5. The highest BCUT2D eigenvalue weighted by Crippen LogP contribution is 2.45. The van der Waals surface area contributed by atoms with Crippen LogP contribution in [0.15, 0.2) is 12.1 Å². The van der Waals surface area contributed by atoms with Crippen molar-refractivity contribution >= 4 is 21.8 Å². The zero-order chi connectivity index (χ0) is 20.8.